The quantitative estimate of drug-likeness (QED) is 0.847. The second kappa shape index (κ2) is 8.17. The molecule has 2 rings (SSSR count). The van der Waals surface area contributed by atoms with Crippen LogP contribution in [0.1, 0.15) is 36.5 Å². The summed E-state index contributed by atoms with van der Waals surface area (Å²) in [5, 5.41) is 2.82. The highest BCUT2D eigenvalue weighted by Gasteiger charge is 2.13. The third-order valence-corrected chi connectivity index (χ3v) is 3.64. The smallest absolute Gasteiger partial charge is 0.257 e. The van der Waals surface area contributed by atoms with E-state index in [2.05, 4.69) is 21.8 Å². The average Bonchev–Trinajstić information content (AvgIpc) is 2.59. The van der Waals surface area contributed by atoms with Gasteiger partial charge in [0.25, 0.3) is 5.91 Å². The molecule has 1 aromatic rings. The van der Waals surface area contributed by atoms with E-state index in [1.54, 1.807) is 18.3 Å². The number of piperidine rings is 1. The summed E-state index contributed by atoms with van der Waals surface area (Å²) in [4.78, 5) is 18.9. The number of rotatable bonds is 5. The lowest BCUT2D eigenvalue weighted by Gasteiger charge is -2.27. The van der Waals surface area contributed by atoms with E-state index in [1.807, 2.05) is 31.2 Å². The van der Waals surface area contributed by atoms with Crippen molar-refractivity contribution in [3.63, 3.8) is 0 Å². The van der Waals surface area contributed by atoms with Gasteiger partial charge in [-0.1, -0.05) is 18.7 Å². The van der Waals surface area contributed by atoms with Gasteiger partial charge in [-0.05, 0) is 50.5 Å². The molecule has 22 heavy (non-hydrogen) atoms. The second-order valence-corrected chi connectivity index (χ2v) is 5.26. The Labute approximate surface area is 132 Å². The first-order valence-corrected chi connectivity index (χ1v) is 7.72. The van der Waals surface area contributed by atoms with Crippen molar-refractivity contribution >= 4 is 11.7 Å². The lowest BCUT2D eigenvalue weighted by atomic mass is 10.1. The molecule has 1 fully saturated rings. The summed E-state index contributed by atoms with van der Waals surface area (Å²) in [6.45, 7) is 7.71. The lowest BCUT2D eigenvalue weighted by Crippen LogP contribution is -2.30. The summed E-state index contributed by atoms with van der Waals surface area (Å²) >= 11 is 0. The van der Waals surface area contributed by atoms with Crippen LogP contribution in [0.4, 0.5) is 5.82 Å². The number of amides is 1. The van der Waals surface area contributed by atoms with Crippen molar-refractivity contribution in [2.45, 2.75) is 26.2 Å². The van der Waals surface area contributed by atoms with E-state index in [-0.39, 0.29) is 5.91 Å². The molecule has 0 unspecified atom stereocenters. The van der Waals surface area contributed by atoms with Gasteiger partial charge in [0, 0.05) is 25.0 Å². The van der Waals surface area contributed by atoms with Crippen molar-refractivity contribution in [1.29, 1.82) is 0 Å². The molecule has 116 valence electrons. The standard InChI is InChI=1S/C18H23N3O/c1-3-5-9-16(4-2)20-18(22)15-10-11-17(19-14-15)21-12-7-6-8-13-21/h3-5,9-11,14H,2,6-8,12-13H2,1H3,(H,20,22)/b5-3-,16-9+. The Morgan fingerprint density at radius 2 is 2.09 bits per heavy atom. The Morgan fingerprint density at radius 1 is 1.32 bits per heavy atom. The highest BCUT2D eigenvalue weighted by Crippen LogP contribution is 2.17. The van der Waals surface area contributed by atoms with Crippen LogP contribution in [0.5, 0.6) is 0 Å². The molecular formula is C18H23N3O. The molecule has 4 nitrogen and oxygen atoms in total. The molecule has 1 aromatic heterocycles. The molecule has 1 aliphatic rings. The maximum atomic E-state index is 12.2. The molecular weight excluding hydrogens is 274 g/mol. The van der Waals surface area contributed by atoms with Crippen LogP contribution in [-0.2, 0) is 0 Å². The van der Waals surface area contributed by atoms with Gasteiger partial charge in [-0.25, -0.2) is 4.98 Å². The number of pyridine rings is 1. The van der Waals surface area contributed by atoms with E-state index >= 15 is 0 Å². The number of nitrogens with zero attached hydrogens (tertiary/aromatic N) is 2. The van der Waals surface area contributed by atoms with Crippen molar-refractivity contribution in [3.05, 3.63) is 60.5 Å². The molecule has 1 saturated heterocycles. The summed E-state index contributed by atoms with van der Waals surface area (Å²) in [6, 6.07) is 3.74. The van der Waals surface area contributed by atoms with Gasteiger partial charge >= 0.3 is 0 Å². The molecule has 0 saturated carbocycles. The maximum Gasteiger partial charge on any atom is 0.257 e. The fourth-order valence-corrected chi connectivity index (χ4v) is 2.39. The zero-order chi connectivity index (χ0) is 15.8. The van der Waals surface area contributed by atoms with Gasteiger partial charge in [0.05, 0.1) is 5.56 Å². The maximum absolute atomic E-state index is 12.2. The van der Waals surface area contributed by atoms with Crippen LogP contribution in [0.3, 0.4) is 0 Å². The van der Waals surface area contributed by atoms with Gasteiger partial charge in [-0.15, -0.1) is 0 Å². The van der Waals surface area contributed by atoms with E-state index in [1.165, 1.54) is 19.3 Å². The highest BCUT2D eigenvalue weighted by molar-refractivity contribution is 5.95. The zero-order valence-corrected chi connectivity index (χ0v) is 13.1. The number of hydrogen-bond acceptors (Lipinski definition) is 3. The molecule has 0 aliphatic carbocycles. The summed E-state index contributed by atoms with van der Waals surface area (Å²) in [6.07, 6.45) is 12.5. The van der Waals surface area contributed by atoms with Crippen LogP contribution in [0.2, 0.25) is 0 Å². The Kier molecular flexibility index (Phi) is 5.95. The van der Waals surface area contributed by atoms with E-state index < -0.39 is 0 Å². The number of aromatic nitrogens is 1. The summed E-state index contributed by atoms with van der Waals surface area (Å²) in [5.74, 6) is 0.776. The van der Waals surface area contributed by atoms with Gasteiger partial charge in [0.2, 0.25) is 0 Å². The molecule has 0 bridgehead atoms. The zero-order valence-electron chi connectivity index (χ0n) is 13.1. The van der Waals surface area contributed by atoms with Gasteiger partial charge in [0.15, 0.2) is 0 Å². The number of nitrogens with one attached hydrogen (secondary N) is 1. The van der Waals surface area contributed by atoms with Crippen molar-refractivity contribution in [1.82, 2.24) is 10.3 Å². The third-order valence-electron chi connectivity index (χ3n) is 3.64. The summed E-state index contributed by atoms with van der Waals surface area (Å²) in [5.41, 5.74) is 1.22. The third kappa shape index (κ3) is 4.32. The van der Waals surface area contributed by atoms with E-state index in [4.69, 9.17) is 0 Å². The first-order valence-electron chi connectivity index (χ1n) is 7.72. The monoisotopic (exact) mass is 297 g/mol. The molecule has 0 aromatic carbocycles. The molecule has 1 aliphatic heterocycles. The first-order chi connectivity index (χ1) is 10.7. The van der Waals surface area contributed by atoms with Crippen LogP contribution in [0, 0.1) is 0 Å². The van der Waals surface area contributed by atoms with Gasteiger partial charge in [0.1, 0.15) is 5.82 Å². The van der Waals surface area contributed by atoms with E-state index in [0.29, 0.717) is 11.3 Å². The molecule has 4 heteroatoms. The predicted molar refractivity (Wildman–Crippen MR) is 90.9 cm³/mol. The van der Waals surface area contributed by atoms with Gasteiger partial charge in [-0.2, -0.15) is 0 Å². The largest absolute Gasteiger partial charge is 0.357 e. The Balaban J connectivity index is 2.02. The second-order valence-electron chi connectivity index (χ2n) is 5.26. The van der Waals surface area contributed by atoms with Gasteiger partial charge < -0.3 is 10.2 Å². The SMILES string of the molecule is C=C/C(=C\C=C/C)NC(=O)c1ccc(N2CCCCC2)nc1. The van der Waals surface area contributed by atoms with Gasteiger partial charge in [-0.3, -0.25) is 4.79 Å². The fraction of sp³-hybridized carbons (Fsp3) is 0.333. The Morgan fingerprint density at radius 3 is 2.68 bits per heavy atom. The summed E-state index contributed by atoms with van der Waals surface area (Å²) < 4.78 is 0. The lowest BCUT2D eigenvalue weighted by molar-refractivity contribution is 0.0967. The van der Waals surface area contributed by atoms with Crippen molar-refractivity contribution in [2.24, 2.45) is 0 Å². The molecule has 1 amide bonds. The highest BCUT2D eigenvalue weighted by atomic mass is 16.1. The number of carbonyl (C=O) groups excluding carboxylic acids is 1. The first kappa shape index (κ1) is 16.0. The fourth-order valence-electron chi connectivity index (χ4n) is 2.39. The Bertz CT molecular complexity index is 566. The van der Waals surface area contributed by atoms with E-state index in [9.17, 15) is 4.79 Å². The molecule has 0 spiro atoms. The van der Waals surface area contributed by atoms with E-state index in [0.717, 1.165) is 18.9 Å². The van der Waals surface area contributed by atoms with Crippen LogP contribution in [-0.4, -0.2) is 24.0 Å². The number of allylic oxidation sites excluding steroid dienone is 4. The molecule has 2 heterocycles. The Hall–Kier alpha value is -2.36. The van der Waals surface area contributed by atoms with Crippen molar-refractivity contribution in [2.75, 3.05) is 18.0 Å². The minimum absolute atomic E-state index is 0.173. The van der Waals surface area contributed by atoms with Crippen LogP contribution >= 0.6 is 0 Å². The normalized spacial score (nSPS) is 15.9. The van der Waals surface area contributed by atoms with Crippen LogP contribution in [0.15, 0.2) is 54.9 Å². The molecule has 1 N–H and O–H groups in total. The predicted octanol–water partition coefficient (Wildman–Crippen LogP) is 3.45. The molecule has 0 radical (unpaired) electrons. The average molecular weight is 297 g/mol. The van der Waals surface area contributed by atoms with Crippen LogP contribution < -0.4 is 10.2 Å². The van der Waals surface area contributed by atoms with Crippen LogP contribution in [0.25, 0.3) is 0 Å². The van der Waals surface area contributed by atoms with Crippen molar-refractivity contribution < 1.29 is 4.79 Å². The number of anilines is 1. The minimum Gasteiger partial charge on any atom is -0.357 e. The minimum atomic E-state index is -0.173. The number of hydrogen-bond donors (Lipinski definition) is 1. The number of carbonyl (C=O) groups is 1. The molecule has 0 atom stereocenters. The van der Waals surface area contributed by atoms with Crippen molar-refractivity contribution in [3.8, 4) is 0 Å². The summed E-state index contributed by atoms with van der Waals surface area (Å²) in [7, 11) is 0. The topological polar surface area (TPSA) is 45.2 Å².